The van der Waals surface area contributed by atoms with E-state index < -0.39 is 5.82 Å². The molecule has 0 bridgehead atoms. The van der Waals surface area contributed by atoms with Gasteiger partial charge in [-0.15, -0.1) is 0 Å². The van der Waals surface area contributed by atoms with Gasteiger partial charge in [0.05, 0.1) is 16.6 Å². The Balaban J connectivity index is 2.26. The van der Waals surface area contributed by atoms with Gasteiger partial charge in [0, 0.05) is 0 Å². The van der Waals surface area contributed by atoms with Crippen molar-refractivity contribution in [1.29, 1.82) is 0 Å². The summed E-state index contributed by atoms with van der Waals surface area (Å²) >= 11 is 5.76. The van der Waals surface area contributed by atoms with Gasteiger partial charge in [0.25, 0.3) is 0 Å². The molecule has 1 aliphatic rings. The molecule has 1 fully saturated rings. The number of amidine groups is 1. The smallest absolute Gasteiger partial charge is 0.152 e. The second-order valence-electron chi connectivity index (χ2n) is 4.52. The third kappa shape index (κ3) is 3.00. The Morgan fingerprint density at radius 2 is 2.06 bits per heavy atom. The summed E-state index contributed by atoms with van der Waals surface area (Å²) < 4.78 is 13.9. The SMILES string of the molecule is NNC(=NC1CCCCC1)c1cccc(Cl)c1F. The average molecular weight is 270 g/mol. The molecule has 3 N–H and O–H groups in total. The van der Waals surface area contributed by atoms with Crippen molar-refractivity contribution in [2.45, 2.75) is 38.1 Å². The summed E-state index contributed by atoms with van der Waals surface area (Å²) in [5, 5.41) is 0.0825. The molecule has 98 valence electrons. The van der Waals surface area contributed by atoms with Crippen LogP contribution in [0, 0.1) is 5.82 Å². The molecule has 2 rings (SSSR count). The van der Waals surface area contributed by atoms with Crippen LogP contribution in [0.5, 0.6) is 0 Å². The van der Waals surface area contributed by atoms with E-state index in [9.17, 15) is 4.39 Å². The van der Waals surface area contributed by atoms with Crippen LogP contribution in [0.25, 0.3) is 0 Å². The van der Waals surface area contributed by atoms with Crippen molar-refractivity contribution in [2.24, 2.45) is 10.8 Å². The molecule has 1 saturated carbocycles. The first-order valence-electron chi connectivity index (χ1n) is 6.21. The molecule has 0 atom stereocenters. The molecule has 0 radical (unpaired) electrons. The van der Waals surface area contributed by atoms with Crippen molar-refractivity contribution in [1.82, 2.24) is 5.43 Å². The van der Waals surface area contributed by atoms with Gasteiger partial charge in [-0.05, 0) is 25.0 Å². The molecule has 0 aliphatic heterocycles. The lowest BCUT2D eigenvalue weighted by atomic mass is 9.96. The largest absolute Gasteiger partial charge is 0.308 e. The maximum atomic E-state index is 13.9. The monoisotopic (exact) mass is 269 g/mol. The first-order chi connectivity index (χ1) is 8.72. The summed E-state index contributed by atoms with van der Waals surface area (Å²) in [4.78, 5) is 4.51. The van der Waals surface area contributed by atoms with Crippen LogP contribution in [0.2, 0.25) is 5.02 Å². The van der Waals surface area contributed by atoms with Crippen LogP contribution in [-0.2, 0) is 0 Å². The van der Waals surface area contributed by atoms with E-state index in [1.807, 2.05) is 0 Å². The molecule has 0 heterocycles. The molecule has 5 heteroatoms. The van der Waals surface area contributed by atoms with E-state index in [1.54, 1.807) is 12.1 Å². The number of aliphatic imine (C=N–C) groups is 1. The van der Waals surface area contributed by atoms with Gasteiger partial charge in [0.1, 0.15) is 5.84 Å². The summed E-state index contributed by atoms with van der Waals surface area (Å²) in [6.07, 6.45) is 5.66. The van der Waals surface area contributed by atoms with E-state index in [4.69, 9.17) is 17.4 Å². The van der Waals surface area contributed by atoms with Gasteiger partial charge in [-0.3, -0.25) is 4.99 Å². The van der Waals surface area contributed by atoms with Gasteiger partial charge >= 0.3 is 0 Å². The number of rotatable bonds is 2. The highest BCUT2D eigenvalue weighted by molar-refractivity contribution is 6.31. The Hall–Kier alpha value is -1.13. The van der Waals surface area contributed by atoms with Crippen molar-refractivity contribution < 1.29 is 4.39 Å². The summed E-state index contributed by atoms with van der Waals surface area (Å²) in [5.41, 5.74) is 2.81. The molecule has 1 aromatic carbocycles. The van der Waals surface area contributed by atoms with Crippen molar-refractivity contribution in [3.63, 3.8) is 0 Å². The van der Waals surface area contributed by atoms with E-state index >= 15 is 0 Å². The molecule has 0 amide bonds. The fraction of sp³-hybridized carbons (Fsp3) is 0.462. The van der Waals surface area contributed by atoms with Gasteiger partial charge in [0.2, 0.25) is 0 Å². The average Bonchev–Trinajstić information content (AvgIpc) is 2.41. The summed E-state index contributed by atoms with van der Waals surface area (Å²) in [6.45, 7) is 0. The fourth-order valence-electron chi connectivity index (χ4n) is 2.26. The zero-order valence-corrected chi connectivity index (χ0v) is 10.9. The van der Waals surface area contributed by atoms with Crippen LogP contribution in [-0.4, -0.2) is 11.9 Å². The Kier molecular flexibility index (Phi) is 4.55. The van der Waals surface area contributed by atoms with Crippen LogP contribution in [0.3, 0.4) is 0 Å². The molecule has 0 aromatic heterocycles. The van der Waals surface area contributed by atoms with Crippen LogP contribution in [0.1, 0.15) is 37.7 Å². The van der Waals surface area contributed by atoms with E-state index in [-0.39, 0.29) is 11.1 Å². The third-order valence-electron chi connectivity index (χ3n) is 3.23. The van der Waals surface area contributed by atoms with E-state index in [0.717, 1.165) is 12.8 Å². The predicted octanol–water partition coefficient (Wildman–Crippen LogP) is 3.02. The van der Waals surface area contributed by atoms with E-state index in [2.05, 4.69) is 10.4 Å². The minimum atomic E-state index is -0.480. The lowest BCUT2D eigenvalue weighted by Crippen LogP contribution is -2.33. The molecule has 1 aliphatic carbocycles. The highest BCUT2D eigenvalue weighted by atomic mass is 35.5. The second-order valence-corrected chi connectivity index (χ2v) is 4.92. The number of nitrogens with one attached hydrogen (secondary N) is 1. The zero-order chi connectivity index (χ0) is 13.0. The van der Waals surface area contributed by atoms with Crippen LogP contribution < -0.4 is 11.3 Å². The van der Waals surface area contributed by atoms with Crippen molar-refractivity contribution in [2.75, 3.05) is 0 Å². The highest BCUT2D eigenvalue weighted by Crippen LogP contribution is 2.22. The minimum absolute atomic E-state index is 0.0825. The molecule has 0 unspecified atom stereocenters. The number of nitrogens with two attached hydrogens (primary N) is 1. The topological polar surface area (TPSA) is 50.4 Å². The van der Waals surface area contributed by atoms with E-state index in [0.29, 0.717) is 11.4 Å². The maximum absolute atomic E-state index is 13.9. The number of nitrogens with zero attached hydrogens (tertiary/aromatic N) is 1. The van der Waals surface area contributed by atoms with Crippen LogP contribution in [0.4, 0.5) is 4.39 Å². The third-order valence-corrected chi connectivity index (χ3v) is 3.52. The standard InChI is InChI=1S/C13H17ClFN3/c14-11-8-4-7-10(12(11)15)13(18-16)17-9-5-2-1-3-6-9/h4,7-9H,1-3,5-6,16H2,(H,17,18). The molecular weight excluding hydrogens is 253 g/mol. The zero-order valence-electron chi connectivity index (χ0n) is 10.1. The minimum Gasteiger partial charge on any atom is -0.308 e. The lowest BCUT2D eigenvalue weighted by molar-refractivity contribution is 0.442. The Bertz CT molecular complexity index is 442. The summed E-state index contributed by atoms with van der Waals surface area (Å²) in [7, 11) is 0. The first-order valence-corrected chi connectivity index (χ1v) is 6.59. The summed E-state index contributed by atoms with van der Waals surface area (Å²) in [5.74, 6) is 5.35. The normalized spacial score (nSPS) is 17.8. The quantitative estimate of drug-likeness (QED) is 0.375. The van der Waals surface area contributed by atoms with Crippen molar-refractivity contribution in [3.8, 4) is 0 Å². The number of hydrogen-bond acceptors (Lipinski definition) is 2. The second kappa shape index (κ2) is 6.16. The van der Waals surface area contributed by atoms with Gasteiger partial charge in [0.15, 0.2) is 5.82 Å². The molecule has 1 aromatic rings. The fourth-order valence-corrected chi connectivity index (χ4v) is 2.44. The van der Waals surface area contributed by atoms with Gasteiger partial charge in [-0.2, -0.15) is 0 Å². The van der Waals surface area contributed by atoms with E-state index in [1.165, 1.54) is 25.3 Å². The number of halogens is 2. The summed E-state index contributed by atoms with van der Waals surface area (Å²) in [6, 6.07) is 5.05. The van der Waals surface area contributed by atoms with Crippen molar-refractivity contribution in [3.05, 3.63) is 34.6 Å². The Morgan fingerprint density at radius 3 is 2.72 bits per heavy atom. The number of hydrazine groups is 1. The van der Waals surface area contributed by atoms with Crippen molar-refractivity contribution >= 4 is 17.4 Å². The van der Waals surface area contributed by atoms with Crippen LogP contribution in [0.15, 0.2) is 23.2 Å². The predicted molar refractivity (Wildman–Crippen MR) is 72.1 cm³/mol. The number of hydrogen-bond donors (Lipinski definition) is 2. The highest BCUT2D eigenvalue weighted by Gasteiger charge is 2.16. The van der Waals surface area contributed by atoms with Gasteiger partial charge in [-0.1, -0.05) is 36.9 Å². The molecule has 0 saturated heterocycles. The number of benzene rings is 1. The Labute approximate surface area is 111 Å². The van der Waals surface area contributed by atoms with Gasteiger partial charge in [-0.25, -0.2) is 10.2 Å². The van der Waals surface area contributed by atoms with Crippen LogP contribution >= 0.6 is 11.6 Å². The lowest BCUT2D eigenvalue weighted by Gasteiger charge is -2.19. The maximum Gasteiger partial charge on any atom is 0.152 e. The Morgan fingerprint density at radius 1 is 1.33 bits per heavy atom. The molecular formula is C13H17ClFN3. The first kappa shape index (κ1) is 13.3. The molecule has 18 heavy (non-hydrogen) atoms. The molecule has 0 spiro atoms. The van der Waals surface area contributed by atoms with Gasteiger partial charge < -0.3 is 5.43 Å². The molecule has 3 nitrogen and oxygen atoms in total.